The van der Waals surface area contributed by atoms with Gasteiger partial charge in [-0.05, 0) is 30.5 Å². The Morgan fingerprint density at radius 1 is 1.14 bits per heavy atom. The van der Waals surface area contributed by atoms with Crippen molar-refractivity contribution in [3.63, 3.8) is 0 Å². The summed E-state index contributed by atoms with van der Waals surface area (Å²) >= 11 is 6.09. The van der Waals surface area contributed by atoms with Gasteiger partial charge >= 0.3 is 5.97 Å². The quantitative estimate of drug-likeness (QED) is 0.578. The van der Waals surface area contributed by atoms with Crippen LogP contribution in [0.25, 0.3) is 0 Å². The van der Waals surface area contributed by atoms with E-state index in [4.69, 9.17) is 21.4 Å². The highest BCUT2D eigenvalue weighted by molar-refractivity contribution is 6.32. The highest BCUT2D eigenvalue weighted by atomic mass is 35.5. The van der Waals surface area contributed by atoms with Crippen molar-refractivity contribution in [3.8, 4) is 5.75 Å². The van der Waals surface area contributed by atoms with Crippen LogP contribution in [-0.4, -0.2) is 17.7 Å². The summed E-state index contributed by atoms with van der Waals surface area (Å²) in [4.78, 5) is 10.5. The molecule has 0 aromatic heterocycles. The molecule has 1 N–H and O–H groups in total. The van der Waals surface area contributed by atoms with Crippen LogP contribution in [-0.2, 0) is 11.2 Å². The Balaban J connectivity index is 2.26. The van der Waals surface area contributed by atoms with Crippen LogP contribution in [0.2, 0.25) is 5.02 Å². The number of hydrogen-bond donors (Lipinski definition) is 1. The van der Waals surface area contributed by atoms with Gasteiger partial charge < -0.3 is 9.84 Å². The zero-order valence-corrected chi connectivity index (χ0v) is 13.5. The van der Waals surface area contributed by atoms with Crippen molar-refractivity contribution in [3.05, 3.63) is 28.8 Å². The van der Waals surface area contributed by atoms with Gasteiger partial charge in [0.1, 0.15) is 5.75 Å². The number of aliphatic carboxylic acids is 1. The lowest BCUT2D eigenvalue weighted by Crippen LogP contribution is -2.09. The second-order valence-electron chi connectivity index (χ2n) is 5.32. The number of rotatable bonds is 11. The maximum absolute atomic E-state index is 10.5. The van der Waals surface area contributed by atoms with E-state index in [0.717, 1.165) is 12.8 Å². The highest BCUT2D eigenvalue weighted by Crippen LogP contribution is 2.26. The molecule has 0 spiro atoms. The van der Waals surface area contributed by atoms with Gasteiger partial charge in [0.2, 0.25) is 0 Å². The molecule has 0 bridgehead atoms. The average Bonchev–Trinajstić information content (AvgIpc) is 2.45. The fourth-order valence-corrected chi connectivity index (χ4v) is 2.50. The normalized spacial score (nSPS) is 10.6. The largest absolute Gasteiger partial charge is 0.480 e. The summed E-state index contributed by atoms with van der Waals surface area (Å²) in [6.07, 6.45) is 10.0. The third kappa shape index (κ3) is 7.96. The summed E-state index contributed by atoms with van der Waals surface area (Å²) in [5.41, 5.74) is 1.18. The second-order valence-corrected chi connectivity index (χ2v) is 5.73. The van der Waals surface area contributed by atoms with Crippen LogP contribution in [0.15, 0.2) is 18.2 Å². The van der Waals surface area contributed by atoms with Crippen LogP contribution >= 0.6 is 11.6 Å². The van der Waals surface area contributed by atoms with E-state index in [1.165, 1.54) is 44.1 Å². The molecule has 0 heterocycles. The molecule has 0 saturated carbocycles. The zero-order chi connectivity index (χ0) is 15.5. The molecular formula is C17H25ClO3. The van der Waals surface area contributed by atoms with Gasteiger partial charge in [-0.15, -0.1) is 0 Å². The van der Waals surface area contributed by atoms with Gasteiger partial charge in [0.15, 0.2) is 6.61 Å². The molecular weight excluding hydrogens is 288 g/mol. The van der Waals surface area contributed by atoms with Crippen molar-refractivity contribution in [2.45, 2.75) is 58.3 Å². The topological polar surface area (TPSA) is 46.5 Å². The number of carboxylic acids is 1. The number of aryl methyl sites for hydroxylation is 1. The first kappa shape index (κ1) is 17.8. The van der Waals surface area contributed by atoms with Gasteiger partial charge in [-0.1, -0.05) is 63.1 Å². The van der Waals surface area contributed by atoms with E-state index < -0.39 is 5.97 Å². The van der Waals surface area contributed by atoms with E-state index in [-0.39, 0.29) is 6.61 Å². The molecule has 3 nitrogen and oxygen atoms in total. The molecule has 21 heavy (non-hydrogen) atoms. The predicted octanol–water partition coefficient (Wildman–Crippen LogP) is 5.10. The van der Waals surface area contributed by atoms with Crippen LogP contribution in [0.5, 0.6) is 5.75 Å². The standard InChI is InChI=1S/C17H25ClO3/c1-2-3-4-5-6-7-8-9-14-10-11-16(15(18)12-14)21-13-17(19)20/h10-12H,2-9,13H2,1H3,(H,19,20). The molecule has 4 heteroatoms. The minimum Gasteiger partial charge on any atom is -0.480 e. The number of benzene rings is 1. The van der Waals surface area contributed by atoms with E-state index in [0.29, 0.717) is 10.8 Å². The zero-order valence-electron chi connectivity index (χ0n) is 12.7. The lowest BCUT2D eigenvalue weighted by Gasteiger charge is -2.08. The molecule has 0 atom stereocenters. The molecule has 1 rings (SSSR count). The first-order valence-electron chi connectivity index (χ1n) is 7.76. The van der Waals surface area contributed by atoms with E-state index in [2.05, 4.69) is 6.92 Å². The molecule has 0 radical (unpaired) electrons. The Hall–Kier alpha value is -1.22. The highest BCUT2D eigenvalue weighted by Gasteiger charge is 2.05. The van der Waals surface area contributed by atoms with Crippen molar-refractivity contribution in [1.82, 2.24) is 0 Å². The van der Waals surface area contributed by atoms with E-state index in [1.807, 2.05) is 12.1 Å². The molecule has 0 aliphatic heterocycles. The van der Waals surface area contributed by atoms with E-state index >= 15 is 0 Å². The molecule has 0 fully saturated rings. The minimum absolute atomic E-state index is 0.364. The maximum Gasteiger partial charge on any atom is 0.341 e. The summed E-state index contributed by atoms with van der Waals surface area (Å²) in [7, 11) is 0. The number of unbranched alkanes of at least 4 members (excludes halogenated alkanes) is 6. The summed E-state index contributed by atoms with van der Waals surface area (Å²) < 4.78 is 5.10. The lowest BCUT2D eigenvalue weighted by molar-refractivity contribution is -0.139. The number of carbonyl (C=O) groups is 1. The third-order valence-corrected chi connectivity index (χ3v) is 3.71. The van der Waals surface area contributed by atoms with Gasteiger partial charge in [0, 0.05) is 0 Å². The number of hydrogen-bond acceptors (Lipinski definition) is 2. The van der Waals surface area contributed by atoms with Crippen LogP contribution in [0.3, 0.4) is 0 Å². The molecule has 0 aliphatic rings. The average molecular weight is 313 g/mol. The van der Waals surface area contributed by atoms with Crippen molar-refractivity contribution in [1.29, 1.82) is 0 Å². The summed E-state index contributed by atoms with van der Waals surface area (Å²) in [5, 5.41) is 9.06. The van der Waals surface area contributed by atoms with Crippen molar-refractivity contribution >= 4 is 17.6 Å². The number of carboxylic acid groups (broad SMARTS) is 1. The first-order chi connectivity index (χ1) is 10.1. The smallest absolute Gasteiger partial charge is 0.341 e. The Bertz CT molecular complexity index is 432. The van der Waals surface area contributed by atoms with E-state index in [1.54, 1.807) is 6.07 Å². The van der Waals surface area contributed by atoms with Gasteiger partial charge in [0.05, 0.1) is 5.02 Å². The fraction of sp³-hybridized carbons (Fsp3) is 0.588. The van der Waals surface area contributed by atoms with Crippen molar-refractivity contribution < 1.29 is 14.6 Å². The number of ether oxygens (including phenoxy) is 1. The Morgan fingerprint density at radius 3 is 2.43 bits per heavy atom. The van der Waals surface area contributed by atoms with Crippen molar-refractivity contribution in [2.24, 2.45) is 0 Å². The molecule has 1 aromatic rings. The van der Waals surface area contributed by atoms with Crippen LogP contribution in [0, 0.1) is 0 Å². The van der Waals surface area contributed by atoms with Gasteiger partial charge in [-0.2, -0.15) is 0 Å². The molecule has 1 aromatic carbocycles. The number of halogens is 1. The molecule has 0 aliphatic carbocycles. The lowest BCUT2D eigenvalue weighted by atomic mass is 10.0. The molecule has 0 amide bonds. The Kier molecular flexibility index (Phi) is 8.91. The first-order valence-corrected chi connectivity index (χ1v) is 8.14. The predicted molar refractivity (Wildman–Crippen MR) is 86.3 cm³/mol. The van der Waals surface area contributed by atoms with Gasteiger partial charge in [-0.3, -0.25) is 0 Å². The van der Waals surface area contributed by atoms with Gasteiger partial charge in [-0.25, -0.2) is 4.79 Å². The fourth-order valence-electron chi connectivity index (χ4n) is 2.24. The van der Waals surface area contributed by atoms with Crippen LogP contribution in [0.1, 0.15) is 57.4 Å². The summed E-state index contributed by atoms with van der Waals surface area (Å²) in [5.74, 6) is -0.569. The van der Waals surface area contributed by atoms with Gasteiger partial charge in [0.25, 0.3) is 0 Å². The second kappa shape index (κ2) is 10.5. The Labute approximate surface area is 132 Å². The molecule has 0 saturated heterocycles. The Morgan fingerprint density at radius 2 is 1.81 bits per heavy atom. The van der Waals surface area contributed by atoms with Crippen LogP contribution in [0.4, 0.5) is 0 Å². The minimum atomic E-state index is -1.00. The summed E-state index contributed by atoms with van der Waals surface area (Å²) in [6.45, 7) is 1.87. The molecule has 118 valence electrons. The van der Waals surface area contributed by atoms with E-state index in [9.17, 15) is 4.79 Å². The summed E-state index contributed by atoms with van der Waals surface area (Å²) in [6, 6.07) is 5.58. The van der Waals surface area contributed by atoms with Crippen LogP contribution < -0.4 is 4.74 Å². The monoisotopic (exact) mass is 312 g/mol. The molecule has 0 unspecified atom stereocenters. The maximum atomic E-state index is 10.5. The SMILES string of the molecule is CCCCCCCCCc1ccc(OCC(=O)O)c(Cl)c1. The van der Waals surface area contributed by atoms with Crippen molar-refractivity contribution in [2.75, 3.05) is 6.61 Å². The third-order valence-electron chi connectivity index (χ3n) is 3.42.